The highest BCUT2D eigenvalue weighted by atomic mass is 19.1. The lowest BCUT2D eigenvalue weighted by Crippen LogP contribution is -2.25. The number of hydrogen-bond donors (Lipinski definition) is 2. The molecule has 0 unspecified atom stereocenters. The van der Waals surface area contributed by atoms with E-state index in [9.17, 15) is 19.3 Å². The number of carboxylic acids is 1. The summed E-state index contributed by atoms with van der Waals surface area (Å²) in [7, 11) is 0. The Balaban J connectivity index is 1.94. The summed E-state index contributed by atoms with van der Waals surface area (Å²) < 4.78 is 13.5. The Morgan fingerprint density at radius 1 is 1.38 bits per heavy atom. The predicted octanol–water partition coefficient (Wildman–Crippen LogP) is 3.04. The van der Waals surface area contributed by atoms with E-state index < -0.39 is 22.4 Å². The van der Waals surface area contributed by atoms with Crippen molar-refractivity contribution in [3.63, 3.8) is 0 Å². The minimum absolute atomic E-state index is 0.167. The zero-order valence-electron chi connectivity index (χ0n) is 11.4. The van der Waals surface area contributed by atoms with Crippen LogP contribution in [0.2, 0.25) is 0 Å². The number of aliphatic carboxylic acids is 1. The Labute approximate surface area is 121 Å². The molecular weight excluding hydrogens is 279 g/mol. The molecule has 1 fully saturated rings. The van der Waals surface area contributed by atoms with Crippen LogP contribution < -0.4 is 5.32 Å². The molecule has 0 heterocycles. The molecule has 1 aromatic rings. The van der Waals surface area contributed by atoms with E-state index in [-0.39, 0.29) is 17.5 Å². The molecule has 0 aliphatic heterocycles. The lowest BCUT2D eigenvalue weighted by molar-refractivity contribution is -0.386. The number of carbonyl (C=O) groups is 1. The van der Waals surface area contributed by atoms with Crippen LogP contribution in [-0.4, -0.2) is 22.5 Å². The van der Waals surface area contributed by atoms with Crippen molar-refractivity contribution < 1.29 is 19.2 Å². The Morgan fingerprint density at radius 3 is 2.62 bits per heavy atom. The molecule has 0 amide bonds. The second-order valence-corrected chi connectivity index (χ2v) is 5.33. The third kappa shape index (κ3) is 3.68. The molecule has 1 aliphatic carbocycles. The number of nitro benzene ring substituents is 1. The van der Waals surface area contributed by atoms with Crippen molar-refractivity contribution in [2.75, 3.05) is 11.9 Å². The molecule has 1 saturated carbocycles. The molecule has 1 aromatic carbocycles. The lowest BCUT2D eigenvalue weighted by atomic mass is 9.82. The Hall–Kier alpha value is -2.18. The van der Waals surface area contributed by atoms with Gasteiger partial charge in [-0.2, -0.15) is 4.39 Å². The fraction of sp³-hybridized carbons (Fsp3) is 0.500. The third-order valence-corrected chi connectivity index (χ3v) is 3.95. The van der Waals surface area contributed by atoms with Crippen molar-refractivity contribution in [1.82, 2.24) is 0 Å². The van der Waals surface area contributed by atoms with Crippen molar-refractivity contribution in [2.24, 2.45) is 11.8 Å². The first-order valence-electron chi connectivity index (χ1n) is 6.88. The van der Waals surface area contributed by atoms with Crippen LogP contribution in [0, 0.1) is 27.8 Å². The summed E-state index contributed by atoms with van der Waals surface area (Å²) >= 11 is 0. The van der Waals surface area contributed by atoms with Crippen LogP contribution in [0.3, 0.4) is 0 Å². The molecule has 0 radical (unpaired) electrons. The normalized spacial score (nSPS) is 21.8. The van der Waals surface area contributed by atoms with Gasteiger partial charge in [-0.25, -0.2) is 0 Å². The summed E-state index contributed by atoms with van der Waals surface area (Å²) in [5, 5.41) is 22.7. The quantitative estimate of drug-likeness (QED) is 0.643. The standard InChI is InChI=1S/C14H17FN2O4/c15-11-2-1-3-12(13(11)17(20)21)16-8-9-4-6-10(7-5-9)14(18)19/h1-3,9-10,16H,4-8H2,(H,18,19). The van der Waals surface area contributed by atoms with Crippen LogP contribution in [0.1, 0.15) is 25.7 Å². The first-order valence-corrected chi connectivity index (χ1v) is 6.88. The van der Waals surface area contributed by atoms with Crippen LogP contribution in [0.25, 0.3) is 0 Å². The summed E-state index contributed by atoms with van der Waals surface area (Å²) in [6, 6.07) is 3.96. The van der Waals surface area contributed by atoms with Gasteiger partial charge in [0.2, 0.25) is 5.82 Å². The van der Waals surface area contributed by atoms with Gasteiger partial charge in [-0.05, 0) is 43.7 Å². The fourth-order valence-electron chi connectivity index (χ4n) is 2.71. The highest BCUT2D eigenvalue weighted by Crippen LogP contribution is 2.31. The maximum absolute atomic E-state index is 13.5. The van der Waals surface area contributed by atoms with Crippen LogP contribution in [0.4, 0.5) is 15.8 Å². The molecule has 0 bridgehead atoms. The highest BCUT2D eigenvalue weighted by molar-refractivity contribution is 5.70. The number of nitrogens with one attached hydrogen (secondary N) is 1. The van der Waals surface area contributed by atoms with Crippen molar-refractivity contribution in [2.45, 2.75) is 25.7 Å². The minimum atomic E-state index is -0.861. The van der Waals surface area contributed by atoms with E-state index >= 15 is 0 Å². The summed E-state index contributed by atoms with van der Waals surface area (Å²) in [4.78, 5) is 21.0. The van der Waals surface area contributed by atoms with Crippen LogP contribution >= 0.6 is 0 Å². The number of nitrogens with zero attached hydrogens (tertiary/aromatic N) is 1. The summed E-state index contributed by atoms with van der Waals surface area (Å²) in [6.07, 6.45) is 2.75. The minimum Gasteiger partial charge on any atom is -0.481 e. The number of nitro groups is 1. The highest BCUT2D eigenvalue weighted by Gasteiger charge is 2.26. The van der Waals surface area contributed by atoms with E-state index in [4.69, 9.17) is 5.11 Å². The van der Waals surface area contributed by atoms with Crippen LogP contribution in [0.15, 0.2) is 18.2 Å². The number of benzene rings is 1. The van der Waals surface area contributed by atoms with Crippen molar-refractivity contribution in [1.29, 1.82) is 0 Å². The Kier molecular flexibility index (Phi) is 4.72. The number of hydrogen-bond acceptors (Lipinski definition) is 4. The largest absolute Gasteiger partial charge is 0.481 e. The van der Waals surface area contributed by atoms with Gasteiger partial charge in [0.05, 0.1) is 10.8 Å². The van der Waals surface area contributed by atoms with Gasteiger partial charge in [0, 0.05) is 6.54 Å². The van der Waals surface area contributed by atoms with Gasteiger partial charge in [0.1, 0.15) is 5.69 Å². The van der Waals surface area contributed by atoms with Gasteiger partial charge in [-0.3, -0.25) is 14.9 Å². The smallest absolute Gasteiger partial charge is 0.327 e. The molecule has 2 N–H and O–H groups in total. The van der Waals surface area contributed by atoms with Crippen LogP contribution in [0.5, 0.6) is 0 Å². The molecule has 21 heavy (non-hydrogen) atoms. The van der Waals surface area contributed by atoms with Gasteiger partial charge in [-0.15, -0.1) is 0 Å². The first kappa shape index (κ1) is 15.2. The zero-order valence-corrected chi connectivity index (χ0v) is 11.4. The molecule has 6 nitrogen and oxygen atoms in total. The molecule has 114 valence electrons. The molecule has 0 aromatic heterocycles. The number of rotatable bonds is 5. The van der Waals surface area contributed by atoms with Crippen LogP contribution in [-0.2, 0) is 4.79 Å². The molecule has 0 saturated heterocycles. The Morgan fingerprint density at radius 2 is 2.05 bits per heavy atom. The summed E-state index contributed by atoms with van der Waals surface area (Å²) in [6.45, 7) is 0.483. The maximum Gasteiger partial charge on any atom is 0.327 e. The van der Waals surface area contributed by atoms with E-state index in [0.29, 0.717) is 19.4 Å². The summed E-state index contributed by atoms with van der Waals surface area (Å²) in [5.74, 6) is -1.66. The van der Waals surface area contributed by atoms with E-state index in [1.165, 1.54) is 12.1 Å². The van der Waals surface area contributed by atoms with Gasteiger partial charge >= 0.3 is 11.7 Å². The van der Waals surface area contributed by atoms with E-state index in [1.54, 1.807) is 0 Å². The average Bonchev–Trinajstić information content (AvgIpc) is 2.45. The molecule has 7 heteroatoms. The monoisotopic (exact) mass is 296 g/mol. The molecule has 0 spiro atoms. The van der Waals surface area contributed by atoms with Gasteiger partial charge < -0.3 is 10.4 Å². The topological polar surface area (TPSA) is 92.5 Å². The number of carboxylic acid groups (broad SMARTS) is 1. The van der Waals surface area contributed by atoms with E-state index in [1.807, 2.05) is 0 Å². The molecule has 0 atom stereocenters. The van der Waals surface area contributed by atoms with Crippen molar-refractivity contribution in [3.8, 4) is 0 Å². The number of para-hydroxylation sites is 1. The van der Waals surface area contributed by atoms with E-state index in [0.717, 1.165) is 18.9 Å². The number of halogens is 1. The fourth-order valence-corrected chi connectivity index (χ4v) is 2.71. The van der Waals surface area contributed by atoms with Crippen molar-refractivity contribution >= 4 is 17.3 Å². The summed E-state index contributed by atoms with van der Waals surface area (Å²) in [5.41, 5.74) is -0.378. The lowest BCUT2D eigenvalue weighted by Gasteiger charge is -2.26. The maximum atomic E-state index is 13.5. The number of anilines is 1. The molecular formula is C14H17FN2O4. The predicted molar refractivity (Wildman–Crippen MR) is 74.6 cm³/mol. The molecule has 2 rings (SSSR count). The van der Waals surface area contributed by atoms with Gasteiger partial charge in [0.25, 0.3) is 0 Å². The van der Waals surface area contributed by atoms with Crippen molar-refractivity contribution in [3.05, 3.63) is 34.1 Å². The van der Waals surface area contributed by atoms with Gasteiger partial charge in [-0.1, -0.05) is 6.07 Å². The first-order chi connectivity index (χ1) is 9.99. The average molecular weight is 296 g/mol. The van der Waals surface area contributed by atoms with E-state index in [2.05, 4.69) is 5.32 Å². The second kappa shape index (κ2) is 6.51. The Bertz CT molecular complexity index is 542. The zero-order chi connectivity index (χ0) is 15.4. The SMILES string of the molecule is O=C(O)C1CCC(CNc2cccc(F)c2[N+](=O)[O-])CC1. The second-order valence-electron chi connectivity index (χ2n) is 5.33. The third-order valence-electron chi connectivity index (χ3n) is 3.95. The molecule has 1 aliphatic rings. The van der Waals surface area contributed by atoms with Gasteiger partial charge in [0.15, 0.2) is 0 Å².